The summed E-state index contributed by atoms with van der Waals surface area (Å²) >= 11 is 8.10. The standard InChI is InChI=1S/C24H25ClN3O2S.ClH/c1-28(2,17-18-8-11-20(12-9-18)27(29)30)15-5-14-26-21-6-3-4-7-23(21)31-24-13-10-19(25)16-22(24)26;/h3-4,6-13,16H,5,14-15,17H2,1-2H3;1H/q+1;/p-1. The van der Waals surface area contributed by atoms with E-state index in [4.69, 9.17) is 11.6 Å². The maximum atomic E-state index is 10.9. The molecule has 1 aliphatic rings. The van der Waals surface area contributed by atoms with Crippen LogP contribution in [0.2, 0.25) is 5.02 Å². The lowest BCUT2D eigenvalue weighted by molar-refractivity contribution is -0.903. The van der Waals surface area contributed by atoms with Crippen molar-refractivity contribution in [2.45, 2.75) is 22.8 Å². The van der Waals surface area contributed by atoms with Crippen molar-refractivity contribution in [1.29, 1.82) is 0 Å². The zero-order valence-electron chi connectivity index (χ0n) is 18.0. The zero-order valence-corrected chi connectivity index (χ0v) is 20.3. The molecule has 5 nitrogen and oxygen atoms in total. The van der Waals surface area contributed by atoms with E-state index in [1.807, 2.05) is 18.2 Å². The van der Waals surface area contributed by atoms with Gasteiger partial charge in [0, 0.05) is 45.5 Å². The number of halogens is 2. The number of benzene rings is 3. The monoisotopic (exact) mass is 489 g/mol. The van der Waals surface area contributed by atoms with E-state index < -0.39 is 0 Å². The van der Waals surface area contributed by atoms with Crippen LogP contribution >= 0.6 is 23.4 Å². The van der Waals surface area contributed by atoms with Gasteiger partial charge in [0.2, 0.25) is 0 Å². The van der Waals surface area contributed by atoms with Crippen LogP contribution in [0, 0.1) is 10.1 Å². The van der Waals surface area contributed by atoms with Crippen LogP contribution in [0.4, 0.5) is 17.1 Å². The highest BCUT2D eigenvalue weighted by Gasteiger charge is 2.24. The van der Waals surface area contributed by atoms with Crippen LogP contribution in [-0.2, 0) is 6.54 Å². The largest absolute Gasteiger partial charge is 1.00 e. The maximum Gasteiger partial charge on any atom is 0.269 e. The van der Waals surface area contributed by atoms with Gasteiger partial charge in [0.15, 0.2) is 0 Å². The van der Waals surface area contributed by atoms with Gasteiger partial charge in [-0.05, 0) is 42.5 Å². The van der Waals surface area contributed by atoms with Gasteiger partial charge in [0.25, 0.3) is 5.69 Å². The molecule has 0 spiro atoms. The predicted molar refractivity (Wildman–Crippen MR) is 127 cm³/mol. The topological polar surface area (TPSA) is 46.4 Å². The molecule has 0 bridgehead atoms. The van der Waals surface area contributed by atoms with Crippen LogP contribution in [0.1, 0.15) is 12.0 Å². The molecule has 4 rings (SSSR count). The molecule has 8 heteroatoms. The third kappa shape index (κ3) is 5.56. The first-order valence-corrected chi connectivity index (χ1v) is 11.4. The van der Waals surface area contributed by atoms with Crippen molar-refractivity contribution in [3.63, 3.8) is 0 Å². The first-order chi connectivity index (χ1) is 14.8. The molecule has 1 aliphatic heterocycles. The number of rotatable bonds is 7. The minimum atomic E-state index is -0.359. The lowest BCUT2D eigenvalue weighted by atomic mass is 10.1. The summed E-state index contributed by atoms with van der Waals surface area (Å²) < 4.78 is 0.810. The fraction of sp³-hybridized carbons (Fsp3) is 0.250. The molecule has 32 heavy (non-hydrogen) atoms. The summed E-state index contributed by atoms with van der Waals surface area (Å²) in [5, 5.41) is 11.6. The summed E-state index contributed by atoms with van der Waals surface area (Å²) in [5.41, 5.74) is 3.63. The molecule has 0 fully saturated rings. The molecule has 0 aliphatic carbocycles. The summed E-state index contributed by atoms with van der Waals surface area (Å²) in [7, 11) is 4.40. The van der Waals surface area contributed by atoms with E-state index in [0.717, 1.165) is 46.8 Å². The number of non-ortho nitro benzene ring substituents is 1. The Balaban J connectivity index is 0.00000289. The molecule has 3 aromatic rings. The highest BCUT2D eigenvalue weighted by Crippen LogP contribution is 2.48. The SMILES string of the molecule is C[N+](C)(CCCN1c2ccccc2Sc2ccc(Cl)cc21)Cc1ccc([N+](=O)[O-])cc1.[Cl-]. The van der Waals surface area contributed by atoms with Crippen LogP contribution in [0.15, 0.2) is 76.5 Å². The molecule has 0 radical (unpaired) electrons. The van der Waals surface area contributed by atoms with Crippen molar-refractivity contribution in [1.82, 2.24) is 0 Å². The summed E-state index contributed by atoms with van der Waals surface area (Å²) in [6, 6.07) is 21.5. The first-order valence-electron chi connectivity index (χ1n) is 10.2. The smallest absolute Gasteiger partial charge is 0.269 e. The van der Waals surface area contributed by atoms with E-state index >= 15 is 0 Å². The highest BCUT2D eigenvalue weighted by atomic mass is 35.5. The molecule has 168 valence electrons. The Hall–Kier alpha value is -2.25. The summed E-state index contributed by atoms with van der Waals surface area (Å²) in [6.45, 7) is 2.71. The second-order valence-corrected chi connectivity index (χ2v) is 9.95. The van der Waals surface area contributed by atoms with Crippen molar-refractivity contribution in [2.24, 2.45) is 0 Å². The number of nitro groups is 1. The second kappa shape index (κ2) is 10.1. The van der Waals surface area contributed by atoms with Gasteiger partial charge in [0.1, 0.15) is 6.54 Å². The minimum Gasteiger partial charge on any atom is -1.00 e. The molecule has 0 N–H and O–H groups in total. The number of quaternary nitrogens is 1. The van der Waals surface area contributed by atoms with Crippen molar-refractivity contribution >= 4 is 40.4 Å². The van der Waals surface area contributed by atoms with Gasteiger partial charge in [-0.15, -0.1) is 0 Å². The number of anilines is 2. The Kier molecular flexibility index (Phi) is 7.72. The van der Waals surface area contributed by atoms with E-state index in [1.165, 1.54) is 15.5 Å². The molecule has 0 unspecified atom stereocenters. The molecular weight excluding hydrogens is 465 g/mol. The number of nitro benzene ring substituents is 1. The fourth-order valence-electron chi connectivity index (χ4n) is 4.00. The van der Waals surface area contributed by atoms with Gasteiger partial charge in [-0.2, -0.15) is 0 Å². The van der Waals surface area contributed by atoms with Gasteiger partial charge in [0.05, 0.1) is 36.9 Å². The predicted octanol–water partition coefficient (Wildman–Crippen LogP) is 3.52. The highest BCUT2D eigenvalue weighted by molar-refractivity contribution is 7.99. The second-order valence-electron chi connectivity index (χ2n) is 8.43. The van der Waals surface area contributed by atoms with Gasteiger partial charge < -0.3 is 21.8 Å². The van der Waals surface area contributed by atoms with E-state index in [9.17, 15) is 10.1 Å². The van der Waals surface area contributed by atoms with Crippen molar-refractivity contribution in [3.05, 3.63) is 87.4 Å². The molecule has 0 amide bonds. The van der Waals surface area contributed by atoms with E-state index in [2.05, 4.69) is 55.4 Å². The fourth-order valence-corrected chi connectivity index (χ4v) is 5.24. The number of nitrogens with zero attached hydrogens (tertiary/aromatic N) is 3. The van der Waals surface area contributed by atoms with Crippen molar-refractivity contribution < 1.29 is 21.8 Å². The molecular formula is C24H25Cl2N3O2S. The summed E-state index contributed by atoms with van der Waals surface area (Å²) in [6.07, 6.45) is 1.00. The Labute approximate surface area is 204 Å². The van der Waals surface area contributed by atoms with E-state index in [1.54, 1.807) is 23.9 Å². The number of fused-ring (bicyclic) bond motifs is 2. The Morgan fingerprint density at radius 2 is 1.69 bits per heavy atom. The van der Waals surface area contributed by atoms with Crippen molar-refractivity contribution in [3.8, 4) is 0 Å². The minimum absolute atomic E-state index is 0. The number of para-hydroxylation sites is 1. The lowest BCUT2D eigenvalue weighted by Gasteiger charge is -2.35. The summed E-state index contributed by atoms with van der Waals surface area (Å²) in [5.74, 6) is 0. The van der Waals surface area contributed by atoms with Crippen molar-refractivity contribution in [2.75, 3.05) is 32.1 Å². The number of hydrogen-bond acceptors (Lipinski definition) is 4. The Morgan fingerprint density at radius 3 is 2.41 bits per heavy atom. The molecule has 0 saturated carbocycles. The molecule has 0 aromatic heterocycles. The average molecular weight is 490 g/mol. The van der Waals surface area contributed by atoms with Gasteiger partial charge in [-0.3, -0.25) is 10.1 Å². The average Bonchev–Trinajstić information content (AvgIpc) is 2.73. The zero-order chi connectivity index (χ0) is 22.0. The normalized spacial score (nSPS) is 12.5. The third-order valence-corrected chi connectivity index (χ3v) is 6.86. The number of hydrogen-bond donors (Lipinski definition) is 0. The third-order valence-electron chi connectivity index (χ3n) is 5.49. The maximum absolute atomic E-state index is 10.9. The van der Waals surface area contributed by atoms with Crippen LogP contribution in [-0.4, -0.2) is 36.6 Å². The van der Waals surface area contributed by atoms with Crippen LogP contribution in [0.5, 0.6) is 0 Å². The van der Waals surface area contributed by atoms with Gasteiger partial charge in [-0.1, -0.05) is 35.5 Å². The molecule has 0 atom stereocenters. The van der Waals surface area contributed by atoms with E-state index in [0.29, 0.717) is 0 Å². The molecule has 0 saturated heterocycles. The van der Waals surface area contributed by atoms with E-state index in [-0.39, 0.29) is 23.0 Å². The van der Waals surface area contributed by atoms with Crippen LogP contribution < -0.4 is 17.3 Å². The van der Waals surface area contributed by atoms with Gasteiger partial charge in [-0.25, -0.2) is 0 Å². The Bertz CT molecular complexity index is 1110. The first kappa shape index (κ1) is 24.4. The van der Waals surface area contributed by atoms with Crippen LogP contribution in [0.3, 0.4) is 0 Å². The lowest BCUT2D eigenvalue weighted by Crippen LogP contribution is -3.00. The summed E-state index contributed by atoms with van der Waals surface area (Å²) in [4.78, 5) is 15.4. The van der Waals surface area contributed by atoms with Gasteiger partial charge >= 0.3 is 0 Å². The molecule has 3 aromatic carbocycles. The quantitative estimate of drug-likeness (QED) is 0.289. The Morgan fingerprint density at radius 1 is 1.00 bits per heavy atom. The van der Waals surface area contributed by atoms with Crippen LogP contribution in [0.25, 0.3) is 0 Å². The molecule has 1 heterocycles.